The van der Waals surface area contributed by atoms with E-state index in [1.807, 2.05) is 5.32 Å². The monoisotopic (exact) mass is 343 g/mol. The van der Waals surface area contributed by atoms with Gasteiger partial charge in [-0.15, -0.1) is 0 Å². The van der Waals surface area contributed by atoms with E-state index in [0.29, 0.717) is 24.1 Å². The Morgan fingerprint density at radius 3 is 2.21 bits per heavy atom. The molecular weight excluding hydrogens is 323 g/mol. The van der Waals surface area contributed by atoms with Gasteiger partial charge in [-0.2, -0.15) is 13.2 Å². The van der Waals surface area contributed by atoms with E-state index in [4.69, 9.17) is 0 Å². The molecule has 0 radical (unpaired) electrons. The lowest BCUT2D eigenvalue weighted by Gasteiger charge is -2.27. The molecular formula is C16H20F3N3O2. The van der Waals surface area contributed by atoms with E-state index in [9.17, 15) is 22.8 Å². The first-order valence-corrected chi connectivity index (χ1v) is 7.77. The summed E-state index contributed by atoms with van der Waals surface area (Å²) in [5.74, 6) is -0.865. The summed E-state index contributed by atoms with van der Waals surface area (Å²) >= 11 is 0. The number of carbonyl (C=O) groups excluding carboxylic acids is 2. The molecule has 0 unspecified atom stereocenters. The Kier molecular flexibility index (Phi) is 5.69. The highest BCUT2D eigenvalue weighted by atomic mass is 19.4. The molecule has 2 rings (SSSR count). The van der Waals surface area contributed by atoms with Crippen LogP contribution in [0.4, 0.5) is 23.7 Å². The molecule has 1 aromatic carbocycles. The Balaban J connectivity index is 1.99. The zero-order valence-corrected chi connectivity index (χ0v) is 13.2. The van der Waals surface area contributed by atoms with Crippen LogP contribution in [0, 0.1) is 5.92 Å². The Labute approximate surface area is 138 Å². The van der Waals surface area contributed by atoms with Crippen molar-refractivity contribution in [2.24, 2.45) is 5.92 Å². The summed E-state index contributed by atoms with van der Waals surface area (Å²) in [6.45, 7) is 0. The smallest absolute Gasteiger partial charge is 0.355 e. The van der Waals surface area contributed by atoms with Crippen LogP contribution in [0.2, 0.25) is 0 Å². The van der Waals surface area contributed by atoms with Crippen molar-refractivity contribution >= 4 is 17.6 Å². The van der Waals surface area contributed by atoms with Crippen molar-refractivity contribution in [1.29, 1.82) is 0 Å². The molecule has 1 aliphatic rings. The quantitative estimate of drug-likeness (QED) is 0.785. The number of urea groups is 1. The fourth-order valence-corrected chi connectivity index (χ4v) is 2.92. The van der Waals surface area contributed by atoms with Crippen molar-refractivity contribution in [1.82, 2.24) is 10.6 Å². The van der Waals surface area contributed by atoms with Gasteiger partial charge >= 0.3 is 12.2 Å². The van der Waals surface area contributed by atoms with Crippen molar-refractivity contribution in [3.8, 4) is 0 Å². The van der Waals surface area contributed by atoms with Crippen LogP contribution in [-0.2, 0) is 0 Å². The van der Waals surface area contributed by atoms with Gasteiger partial charge in [0.2, 0.25) is 0 Å². The first kappa shape index (κ1) is 18.1. The largest absolute Gasteiger partial charge is 0.408 e. The first-order chi connectivity index (χ1) is 11.3. The van der Waals surface area contributed by atoms with Crippen LogP contribution in [0.15, 0.2) is 24.3 Å². The molecule has 0 heterocycles. The molecule has 1 saturated carbocycles. The normalized spacial score (nSPS) is 16.5. The summed E-state index contributed by atoms with van der Waals surface area (Å²) < 4.78 is 39.5. The molecule has 3 N–H and O–H groups in total. The van der Waals surface area contributed by atoms with E-state index in [2.05, 4.69) is 10.6 Å². The maximum absolute atomic E-state index is 13.2. The maximum atomic E-state index is 13.2. The number of rotatable bonds is 4. The molecule has 1 fully saturated rings. The predicted octanol–water partition coefficient (Wildman–Crippen LogP) is 3.29. The number of halogens is 3. The van der Waals surface area contributed by atoms with E-state index in [1.54, 1.807) is 0 Å². The number of nitrogens with one attached hydrogen (secondary N) is 3. The molecule has 8 heteroatoms. The number of alkyl halides is 3. The number of amides is 3. The molecule has 0 aromatic heterocycles. The van der Waals surface area contributed by atoms with Crippen molar-refractivity contribution in [3.05, 3.63) is 29.8 Å². The number of hydrogen-bond acceptors (Lipinski definition) is 2. The zero-order chi connectivity index (χ0) is 17.7. The fourth-order valence-electron chi connectivity index (χ4n) is 2.92. The highest BCUT2D eigenvalue weighted by Crippen LogP contribution is 2.35. The number of carbonyl (C=O) groups is 2. The SMILES string of the molecule is CNC(=O)c1ccc(NC(=O)N[C@H](C2CCCC2)C(F)(F)F)cc1. The van der Waals surface area contributed by atoms with E-state index < -0.39 is 24.2 Å². The van der Waals surface area contributed by atoms with Gasteiger partial charge in [0.05, 0.1) is 0 Å². The molecule has 0 aliphatic heterocycles. The van der Waals surface area contributed by atoms with E-state index in [1.165, 1.54) is 31.3 Å². The van der Waals surface area contributed by atoms with Crippen LogP contribution in [0.25, 0.3) is 0 Å². The highest BCUT2D eigenvalue weighted by molar-refractivity contribution is 5.95. The number of anilines is 1. The lowest BCUT2D eigenvalue weighted by atomic mass is 9.98. The fraction of sp³-hybridized carbons (Fsp3) is 0.500. The number of benzene rings is 1. The second kappa shape index (κ2) is 7.55. The van der Waals surface area contributed by atoms with Crippen LogP contribution in [0.3, 0.4) is 0 Å². The Bertz CT molecular complexity index is 581. The van der Waals surface area contributed by atoms with Gasteiger partial charge in [-0.3, -0.25) is 4.79 Å². The van der Waals surface area contributed by atoms with E-state index in [0.717, 1.165) is 12.8 Å². The van der Waals surface area contributed by atoms with Crippen molar-refractivity contribution in [2.45, 2.75) is 37.9 Å². The second-order valence-corrected chi connectivity index (χ2v) is 5.82. The second-order valence-electron chi connectivity index (χ2n) is 5.82. The molecule has 5 nitrogen and oxygen atoms in total. The molecule has 3 amide bonds. The third-order valence-electron chi connectivity index (χ3n) is 4.14. The molecule has 1 atom stereocenters. The predicted molar refractivity (Wildman–Crippen MR) is 83.8 cm³/mol. The van der Waals surface area contributed by atoms with Gasteiger partial charge in [0.15, 0.2) is 0 Å². The van der Waals surface area contributed by atoms with Crippen LogP contribution in [0.5, 0.6) is 0 Å². The average Bonchev–Trinajstić information content (AvgIpc) is 3.05. The maximum Gasteiger partial charge on any atom is 0.408 e. The molecule has 0 spiro atoms. The van der Waals surface area contributed by atoms with Gasteiger partial charge in [0.1, 0.15) is 6.04 Å². The van der Waals surface area contributed by atoms with Crippen LogP contribution >= 0.6 is 0 Å². The molecule has 1 aliphatic carbocycles. The van der Waals surface area contributed by atoms with Gasteiger partial charge in [0.25, 0.3) is 5.91 Å². The van der Waals surface area contributed by atoms with E-state index >= 15 is 0 Å². The van der Waals surface area contributed by atoms with Gasteiger partial charge in [-0.05, 0) is 43.0 Å². The molecule has 0 saturated heterocycles. The molecule has 24 heavy (non-hydrogen) atoms. The lowest BCUT2D eigenvalue weighted by molar-refractivity contribution is -0.164. The average molecular weight is 343 g/mol. The number of hydrogen-bond donors (Lipinski definition) is 3. The van der Waals surface area contributed by atoms with Crippen LogP contribution in [-0.4, -0.2) is 31.2 Å². The minimum absolute atomic E-state index is 0.288. The van der Waals surface area contributed by atoms with Crippen LogP contribution < -0.4 is 16.0 Å². The topological polar surface area (TPSA) is 70.2 Å². The Morgan fingerprint density at radius 2 is 1.71 bits per heavy atom. The minimum Gasteiger partial charge on any atom is -0.355 e. The van der Waals surface area contributed by atoms with E-state index in [-0.39, 0.29) is 5.91 Å². The van der Waals surface area contributed by atoms with Gasteiger partial charge in [-0.25, -0.2) is 4.79 Å². The van der Waals surface area contributed by atoms with Crippen LogP contribution in [0.1, 0.15) is 36.0 Å². The summed E-state index contributed by atoms with van der Waals surface area (Å²) in [4.78, 5) is 23.3. The third kappa shape index (κ3) is 4.62. The van der Waals surface area contributed by atoms with Gasteiger partial charge < -0.3 is 16.0 Å². The van der Waals surface area contributed by atoms with Crippen molar-refractivity contribution in [2.75, 3.05) is 12.4 Å². The van der Waals surface area contributed by atoms with Gasteiger partial charge in [0, 0.05) is 18.3 Å². The highest BCUT2D eigenvalue weighted by Gasteiger charge is 2.46. The minimum atomic E-state index is -4.48. The summed E-state index contributed by atoms with van der Waals surface area (Å²) in [5, 5.41) is 6.86. The molecule has 1 aromatic rings. The third-order valence-corrected chi connectivity index (χ3v) is 4.14. The first-order valence-electron chi connectivity index (χ1n) is 7.77. The summed E-state index contributed by atoms with van der Waals surface area (Å²) in [6, 6.07) is 3.13. The summed E-state index contributed by atoms with van der Waals surface area (Å²) in [6.07, 6.45) is -2.05. The van der Waals surface area contributed by atoms with Gasteiger partial charge in [-0.1, -0.05) is 12.8 Å². The molecule has 132 valence electrons. The Morgan fingerprint density at radius 1 is 1.12 bits per heavy atom. The Hall–Kier alpha value is -2.25. The zero-order valence-electron chi connectivity index (χ0n) is 13.2. The summed E-state index contributed by atoms with van der Waals surface area (Å²) in [7, 11) is 1.49. The van der Waals surface area contributed by atoms with Crippen molar-refractivity contribution < 1.29 is 22.8 Å². The standard InChI is InChI=1S/C16H20F3N3O2/c1-20-14(23)11-6-8-12(9-7-11)21-15(24)22-13(16(17,18)19)10-4-2-3-5-10/h6-10,13H,2-5H2,1H3,(H,20,23)(H2,21,22,24)/t13-/m1/s1. The van der Waals surface area contributed by atoms with Crippen molar-refractivity contribution in [3.63, 3.8) is 0 Å². The lowest BCUT2D eigenvalue weighted by Crippen LogP contribution is -2.50. The molecule has 0 bridgehead atoms. The summed E-state index contributed by atoms with van der Waals surface area (Å²) in [5.41, 5.74) is 0.704.